The molecule has 5 heteroatoms. The van der Waals surface area contributed by atoms with Crippen LogP contribution in [0.15, 0.2) is 73.1 Å². The normalized spacial score (nSPS) is 13.5. The summed E-state index contributed by atoms with van der Waals surface area (Å²) in [6.45, 7) is 2.11. The van der Waals surface area contributed by atoms with Crippen LogP contribution in [0.25, 0.3) is 16.5 Å². The Labute approximate surface area is 163 Å². The van der Waals surface area contributed by atoms with E-state index in [0.29, 0.717) is 6.61 Å². The van der Waals surface area contributed by atoms with Gasteiger partial charge >= 0.3 is 0 Å². The van der Waals surface area contributed by atoms with Gasteiger partial charge in [-0.1, -0.05) is 24.3 Å². The second-order valence-corrected chi connectivity index (χ2v) is 6.53. The van der Waals surface area contributed by atoms with Crippen LogP contribution >= 0.6 is 0 Å². The van der Waals surface area contributed by atoms with Crippen molar-refractivity contribution < 1.29 is 13.9 Å². The first-order valence-corrected chi connectivity index (χ1v) is 9.17. The van der Waals surface area contributed by atoms with Crippen LogP contribution in [0.3, 0.4) is 0 Å². The zero-order valence-corrected chi connectivity index (χ0v) is 15.6. The Morgan fingerprint density at radius 3 is 2.79 bits per heavy atom. The molecule has 28 heavy (non-hydrogen) atoms. The summed E-state index contributed by atoms with van der Waals surface area (Å²) in [7, 11) is 1.64. The molecule has 2 aromatic carbocycles. The summed E-state index contributed by atoms with van der Waals surface area (Å²) in [6, 6.07) is 14.2. The molecule has 2 heterocycles. The van der Waals surface area contributed by atoms with E-state index >= 15 is 0 Å². The monoisotopic (exact) mass is 376 g/mol. The van der Waals surface area contributed by atoms with Crippen molar-refractivity contribution in [1.82, 2.24) is 9.88 Å². The summed E-state index contributed by atoms with van der Waals surface area (Å²) < 4.78 is 24.4. The summed E-state index contributed by atoms with van der Waals surface area (Å²) in [4.78, 5) is 6.57. The van der Waals surface area contributed by atoms with Crippen molar-refractivity contribution in [1.29, 1.82) is 0 Å². The van der Waals surface area contributed by atoms with Crippen LogP contribution in [0.2, 0.25) is 0 Å². The van der Waals surface area contributed by atoms with Crippen LogP contribution < -0.4 is 9.47 Å². The number of methoxy groups -OCH3 is 1. The van der Waals surface area contributed by atoms with Gasteiger partial charge in [0.05, 0.1) is 19.2 Å². The van der Waals surface area contributed by atoms with Crippen LogP contribution in [0.5, 0.6) is 11.5 Å². The molecule has 142 valence electrons. The van der Waals surface area contributed by atoms with Crippen LogP contribution in [-0.2, 0) is 0 Å². The molecule has 0 radical (unpaired) electrons. The fourth-order valence-corrected chi connectivity index (χ4v) is 3.20. The molecule has 0 unspecified atom stereocenters. The van der Waals surface area contributed by atoms with Gasteiger partial charge in [-0.15, -0.1) is 0 Å². The number of benzene rings is 2. The maximum atomic E-state index is 13.1. The molecule has 1 aromatic heterocycles. The van der Waals surface area contributed by atoms with Gasteiger partial charge in [0.15, 0.2) is 0 Å². The van der Waals surface area contributed by atoms with E-state index in [1.807, 2.05) is 24.3 Å². The van der Waals surface area contributed by atoms with Crippen LogP contribution in [0.1, 0.15) is 5.56 Å². The topological polar surface area (TPSA) is 34.6 Å². The molecule has 0 aliphatic carbocycles. The van der Waals surface area contributed by atoms with Crippen molar-refractivity contribution in [2.45, 2.75) is 0 Å². The molecule has 0 atom stereocenters. The quantitative estimate of drug-likeness (QED) is 0.626. The Bertz CT molecular complexity index is 1030. The first-order valence-electron chi connectivity index (χ1n) is 9.17. The Morgan fingerprint density at radius 1 is 1.11 bits per heavy atom. The molecule has 0 saturated carbocycles. The van der Waals surface area contributed by atoms with Gasteiger partial charge < -0.3 is 14.4 Å². The van der Waals surface area contributed by atoms with Crippen LogP contribution in [0, 0.1) is 5.82 Å². The van der Waals surface area contributed by atoms with E-state index in [0.717, 1.165) is 46.6 Å². The Morgan fingerprint density at radius 2 is 1.96 bits per heavy atom. The van der Waals surface area contributed by atoms with Gasteiger partial charge in [0.2, 0.25) is 0 Å². The highest BCUT2D eigenvalue weighted by Gasteiger charge is 2.09. The van der Waals surface area contributed by atoms with Gasteiger partial charge in [0.25, 0.3) is 0 Å². The molecule has 4 rings (SSSR count). The number of nitrogens with zero attached hydrogens (tertiary/aromatic N) is 2. The number of allylic oxidation sites excluding steroid dienone is 2. The lowest BCUT2D eigenvalue weighted by molar-refractivity contribution is 0.266. The lowest BCUT2D eigenvalue weighted by atomic mass is 10.0. The molecular weight excluding hydrogens is 355 g/mol. The van der Waals surface area contributed by atoms with Gasteiger partial charge in [-0.2, -0.15) is 0 Å². The molecule has 4 nitrogen and oxygen atoms in total. The molecule has 0 bridgehead atoms. The minimum absolute atomic E-state index is 0.225. The Balaban J connectivity index is 1.42. The number of ether oxygens (including phenoxy) is 2. The van der Waals surface area contributed by atoms with Crippen molar-refractivity contribution in [3.05, 3.63) is 84.5 Å². The van der Waals surface area contributed by atoms with Gasteiger partial charge in [-0.05, 0) is 41.5 Å². The summed E-state index contributed by atoms with van der Waals surface area (Å²) >= 11 is 0. The van der Waals surface area contributed by atoms with Crippen molar-refractivity contribution in [2.24, 2.45) is 0 Å². The van der Waals surface area contributed by atoms with Crippen molar-refractivity contribution in [2.75, 3.05) is 26.8 Å². The third-order valence-electron chi connectivity index (χ3n) is 4.68. The van der Waals surface area contributed by atoms with Gasteiger partial charge in [0.1, 0.15) is 23.9 Å². The molecule has 1 aliphatic rings. The molecule has 0 N–H and O–H groups in total. The first kappa shape index (κ1) is 18.0. The second kappa shape index (κ2) is 8.13. The molecule has 0 fully saturated rings. The maximum absolute atomic E-state index is 13.1. The highest BCUT2D eigenvalue weighted by atomic mass is 19.1. The van der Waals surface area contributed by atoms with E-state index in [1.165, 1.54) is 12.1 Å². The fourth-order valence-electron chi connectivity index (χ4n) is 3.20. The lowest BCUT2D eigenvalue weighted by Crippen LogP contribution is -2.25. The zero-order chi connectivity index (χ0) is 19.3. The minimum atomic E-state index is -0.225. The van der Waals surface area contributed by atoms with E-state index in [4.69, 9.17) is 9.47 Å². The summed E-state index contributed by atoms with van der Waals surface area (Å²) in [5.41, 5.74) is 2.90. The fraction of sp³-hybridized carbons (Fsp3) is 0.174. The summed E-state index contributed by atoms with van der Waals surface area (Å²) in [5.74, 6) is 1.36. The molecular formula is C23H21FN2O2. The number of aromatic nitrogens is 1. The SMILES string of the molecule is COc1ccc2c(OCCN3C=C(c4ccc(F)cc4)C=CC3)ccnc2c1. The number of halogens is 1. The average Bonchev–Trinajstić information content (AvgIpc) is 2.74. The summed E-state index contributed by atoms with van der Waals surface area (Å²) in [6.07, 6.45) is 8.00. The predicted octanol–water partition coefficient (Wildman–Crippen LogP) is 4.67. The van der Waals surface area contributed by atoms with E-state index in [-0.39, 0.29) is 5.82 Å². The van der Waals surface area contributed by atoms with Crippen LogP contribution in [0.4, 0.5) is 4.39 Å². The zero-order valence-electron chi connectivity index (χ0n) is 15.6. The Hall–Kier alpha value is -3.34. The maximum Gasteiger partial charge on any atom is 0.130 e. The molecule has 1 aliphatic heterocycles. The minimum Gasteiger partial charge on any atom is -0.497 e. The predicted molar refractivity (Wildman–Crippen MR) is 109 cm³/mol. The number of hydrogen-bond donors (Lipinski definition) is 0. The second-order valence-electron chi connectivity index (χ2n) is 6.53. The summed E-state index contributed by atoms with van der Waals surface area (Å²) in [5, 5.41) is 0.962. The molecule has 0 saturated heterocycles. The van der Waals surface area contributed by atoms with Gasteiger partial charge in [-0.3, -0.25) is 4.98 Å². The standard InChI is InChI=1S/C23H21FN2O2/c1-27-20-8-9-21-22(15-20)25-11-10-23(21)28-14-13-26-12-2-3-18(16-26)17-4-6-19(24)7-5-17/h2-11,15-16H,12-14H2,1H3. The highest BCUT2D eigenvalue weighted by molar-refractivity contribution is 5.86. The first-order chi connectivity index (χ1) is 13.7. The van der Waals surface area contributed by atoms with Crippen molar-refractivity contribution in [3.63, 3.8) is 0 Å². The van der Waals surface area contributed by atoms with Crippen LogP contribution in [-0.4, -0.2) is 36.7 Å². The average molecular weight is 376 g/mol. The van der Waals surface area contributed by atoms with E-state index < -0.39 is 0 Å². The lowest BCUT2D eigenvalue weighted by Gasteiger charge is -2.23. The van der Waals surface area contributed by atoms with Gasteiger partial charge in [-0.25, -0.2) is 4.39 Å². The Kier molecular flexibility index (Phi) is 5.24. The van der Waals surface area contributed by atoms with E-state index in [9.17, 15) is 4.39 Å². The number of hydrogen-bond acceptors (Lipinski definition) is 4. The third-order valence-corrected chi connectivity index (χ3v) is 4.68. The molecule has 0 spiro atoms. The number of pyridine rings is 1. The van der Waals surface area contributed by atoms with Crippen molar-refractivity contribution in [3.8, 4) is 11.5 Å². The largest absolute Gasteiger partial charge is 0.497 e. The smallest absolute Gasteiger partial charge is 0.130 e. The van der Waals surface area contributed by atoms with E-state index in [2.05, 4.69) is 28.2 Å². The number of rotatable bonds is 6. The highest BCUT2D eigenvalue weighted by Crippen LogP contribution is 2.27. The van der Waals surface area contributed by atoms with E-state index in [1.54, 1.807) is 25.4 Å². The third kappa shape index (κ3) is 3.98. The number of fused-ring (bicyclic) bond motifs is 1. The van der Waals surface area contributed by atoms with Crippen molar-refractivity contribution >= 4 is 16.5 Å². The molecule has 0 amide bonds. The van der Waals surface area contributed by atoms with Gasteiger partial charge in [0, 0.05) is 30.4 Å². The molecule has 3 aromatic rings.